The molecule has 1 unspecified atom stereocenters. The molecule has 0 aromatic heterocycles. The van der Waals surface area contributed by atoms with E-state index in [1.807, 2.05) is 13.8 Å². The van der Waals surface area contributed by atoms with Crippen LogP contribution in [0.1, 0.15) is 13.8 Å². The van der Waals surface area contributed by atoms with Crippen LogP contribution in [-0.2, 0) is 0 Å². The summed E-state index contributed by atoms with van der Waals surface area (Å²) in [4.78, 5) is 0. The average Bonchev–Trinajstić information content (AvgIpc) is 1.50. The van der Waals surface area contributed by atoms with Crippen molar-refractivity contribution in [2.45, 2.75) is 13.8 Å². The molecule has 0 aromatic rings. The minimum atomic E-state index is 2.00. The summed E-state index contributed by atoms with van der Waals surface area (Å²) in [5, 5.41) is 0. The fourth-order valence-corrected chi connectivity index (χ4v) is 0. The molecule has 0 aromatic carbocycles. The lowest BCUT2D eigenvalue weighted by molar-refractivity contribution is 1.50. The standard InChI is InChI=1S/C2H6.H3PS/c2*1-2/h1-2H3;2H,1H2. The highest BCUT2D eigenvalue weighted by Crippen LogP contribution is 1.76. The van der Waals surface area contributed by atoms with Crippen LogP contribution in [0.3, 0.4) is 0 Å². The summed E-state index contributed by atoms with van der Waals surface area (Å²) in [5.74, 6) is 0. The van der Waals surface area contributed by atoms with Gasteiger partial charge in [-0.15, -0.1) is 0 Å². The van der Waals surface area contributed by atoms with Crippen molar-refractivity contribution >= 4 is 20.7 Å². The van der Waals surface area contributed by atoms with Crippen molar-refractivity contribution in [1.82, 2.24) is 0 Å². The molecule has 0 fully saturated rings. The minimum absolute atomic E-state index is 2.00. The highest BCUT2D eigenvalue weighted by molar-refractivity contribution is 8.31. The van der Waals surface area contributed by atoms with Crippen molar-refractivity contribution in [3.05, 3.63) is 0 Å². The van der Waals surface area contributed by atoms with E-state index in [4.69, 9.17) is 0 Å². The van der Waals surface area contributed by atoms with Crippen molar-refractivity contribution in [3.63, 3.8) is 0 Å². The molecule has 2 heteroatoms. The first-order chi connectivity index (χ1) is 2.00. The third-order valence-electron chi connectivity index (χ3n) is 0. The second kappa shape index (κ2) is 48.0. The maximum atomic E-state index is 3.44. The smallest absolute Gasteiger partial charge is 0.0683 e. The Bertz CT molecular complexity index is 6.00. The van der Waals surface area contributed by atoms with Crippen molar-refractivity contribution in [3.8, 4) is 0 Å². The molecule has 0 radical (unpaired) electrons. The molecular weight excluding hydrogens is 87.1 g/mol. The van der Waals surface area contributed by atoms with Crippen LogP contribution in [0, 0.1) is 0 Å². The Hall–Kier alpha value is 0.780. The quantitative estimate of drug-likeness (QED) is 0.344. The Labute approximate surface area is 35.3 Å². The van der Waals surface area contributed by atoms with E-state index in [-0.39, 0.29) is 0 Å². The van der Waals surface area contributed by atoms with Gasteiger partial charge in [0.05, 0.1) is 0 Å². The van der Waals surface area contributed by atoms with Gasteiger partial charge in [-0.1, -0.05) is 22.3 Å². The van der Waals surface area contributed by atoms with E-state index in [1.54, 1.807) is 0 Å². The fourth-order valence-electron chi connectivity index (χ4n) is 0. The second-order valence-corrected chi connectivity index (χ2v) is 0. The Balaban J connectivity index is 0. The van der Waals surface area contributed by atoms with E-state index in [1.165, 1.54) is 0 Å². The van der Waals surface area contributed by atoms with Gasteiger partial charge < -0.3 is 0 Å². The molecular formula is C2H9PS. The molecule has 0 saturated carbocycles. The summed E-state index contributed by atoms with van der Waals surface area (Å²) in [6, 6.07) is 0. The van der Waals surface area contributed by atoms with E-state index in [2.05, 4.69) is 20.7 Å². The summed E-state index contributed by atoms with van der Waals surface area (Å²) < 4.78 is 0. The molecule has 0 aliphatic rings. The number of rotatable bonds is 0. The lowest BCUT2D eigenvalue weighted by Crippen LogP contribution is -0.856. The summed E-state index contributed by atoms with van der Waals surface area (Å²) >= 11 is 3.44. The predicted molar refractivity (Wildman–Crippen MR) is 30.0 cm³/mol. The van der Waals surface area contributed by atoms with Crippen LogP contribution in [0.4, 0.5) is 0 Å². The fraction of sp³-hybridized carbons (Fsp3) is 1.00. The molecule has 0 nitrogen and oxygen atoms in total. The third-order valence-corrected chi connectivity index (χ3v) is 0. The molecule has 0 spiro atoms. The van der Waals surface area contributed by atoms with Crippen LogP contribution in [0.2, 0.25) is 0 Å². The zero-order valence-corrected chi connectivity index (χ0v) is 5.07. The number of hydrogen-bond acceptors (Lipinski definition) is 1. The van der Waals surface area contributed by atoms with Gasteiger partial charge in [0.15, 0.2) is 0 Å². The van der Waals surface area contributed by atoms with Crippen LogP contribution < -0.4 is 0 Å². The molecule has 0 heterocycles. The second-order valence-electron chi connectivity index (χ2n) is 0. The van der Waals surface area contributed by atoms with Crippen LogP contribution in [-0.4, -0.2) is 0 Å². The normalized spacial score (nSPS) is 3.00. The van der Waals surface area contributed by atoms with Gasteiger partial charge in [-0.3, -0.25) is 0 Å². The molecule has 0 aliphatic carbocycles. The Kier molecular flexibility index (Phi) is 106. The molecule has 0 N–H and O–H groups in total. The van der Waals surface area contributed by atoms with Crippen molar-refractivity contribution in [2.75, 3.05) is 0 Å². The summed E-state index contributed by atoms with van der Waals surface area (Å²) in [6.45, 7) is 4.00. The van der Waals surface area contributed by atoms with Gasteiger partial charge in [0.25, 0.3) is 0 Å². The largest absolute Gasteiger partial charge is 0.158 e. The van der Waals surface area contributed by atoms with Gasteiger partial charge in [-0.25, -0.2) is 0 Å². The molecule has 1 atom stereocenters. The topological polar surface area (TPSA) is 0 Å². The van der Waals surface area contributed by atoms with Crippen LogP contribution in [0.15, 0.2) is 0 Å². The molecule has 0 bridgehead atoms. The maximum Gasteiger partial charge on any atom is -0.0683 e. The van der Waals surface area contributed by atoms with Gasteiger partial charge in [0.2, 0.25) is 0 Å². The summed E-state index contributed by atoms with van der Waals surface area (Å²) in [5.41, 5.74) is 0. The first kappa shape index (κ1) is 8.84. The van der Waals surface area contributed by atoms with Gasteiger partial charge in [-0.05, 0) is 0 Å². The highest BCUT2D eigenvalue weighted by atomic mass is 32.7. The SMILES string of the molecule is CC.PS. The molecule has 28 valence electrons. The Morgan fingerprint density at radius 2 is 1.25 bits per heavy atom. The van der Waals surface area contributed by atoms with Crippen LogP contribution in [0.25, 0.3) is 0 Å². The van der Waals surface area contributed by atoms with Crippen molar-refractivity contribution < 1.29 is 0 Å². The summed E-state index contributed by atoms with van der Waals surface area (Å²) in [6.07, 6.45) is 0. The van der Waals surface area contributed by atoms with E-state index >= 15 is 0 Å². The lowest BCUT2D eigenvalue weighted by atomic mass is 11.0. The van der Waals surface area contributed by atoms with E-state index < -0.39 is 0 Å². The minimum Gasteiger partial charge on any atom is -0.158 e. The summed E-state index contributed by atoms with van der Waals surface area (Å²) in [7, 11) is 2.11. The predicted octanol–water partition coefficient (Wildman–Crippen LogP) is 1.73. The van der Waals surface area contributed by atoms with Crippen molar-refractivity contribution in [2.24, 2.45) is 0 Å². The molecule has 4 heavy (non-hydrogen) atoms. The Morgan fingerprint density at radius 3 is 1.25 bits per heavy atom. The third kappa shape index (κ3) is 14.5. The van der Waals surface area contributed by atoms with E-state index in [9.17, 15) is 0 Å². The maximum absolute atomic E-state index is 3.44. The van der Waals surface area contributed by atoms with Gasteiger partial charge >= 0.3 is 0 Å². The molecule has 0 saturated heterocycles. The van der Waals surface area contributed by atoms with Crippen LogP contribution >= 0.6 is 20.7 Å². The number of thiol groups is 1. The van der Waals surface area contributed by atoms with Gasteiger partial charge in [0, 0.05) is 0 Å². The number of hydrogen-bond donors (Lipinski definition) is 1. The highest BCUT2D eigenvalue weighted by Gasteiger charge is 0.932. The zero-order chi connectivity index (χ0) is 4.00. The first-order valence-corrected chi connectivity index (χ1v) is 3.32. The van der Waals surface area contributed by atoms with Crippen molar-refractivity contribution in [1.29, 1.82) is 0 Å². The van der Waals surface area contributed by atoms with Crippen LogP contribution in [0.5, 0.6) is 0 Å². The van der Waals surface area contributed by atoms with Gasteiger partial charge in [-0.2, -0.15) is 12.2 Å². The molecule has 0 aliphatic heterocycles. The van der Waals surface area contributed by atoms with Gasteiger partial charge in [0.1, 0.15) is 0 Å². The lowest BCUT2D eigenvalue weighted by Gasteiger charge is -1.12. The van der Waals surface area contributed by atoms with E-state index in [0.717, 1.165) is 0 Å². The monoisotopic (exact) mass is 96.0 g/mol. The van der Waals surface area contributed by atoms with E-state index in [0.29, 0.717) is 0 Å². The first-order valence-electron chi connectivity index (χ1n) is 1.26. The Morgan fingerprint density at radius 1 is 1.25 bits per heavy atom. The molecule has 0 amide bonds. The zero-order valence-electron chi connectivity index (χ0n) is 3.02. The molecule has 0 rings (SSSR count). The average molecular weight is 96.1 g/mol.